The third kappa shape index (κ3) is 6.17. The van der Waals surface area contributed by atoms with Crippen LogP contribution in [-0.2, 0) is 9.53 Å². The molecule has 9 nitrogen and oxygen atoms in total. The Hall–Kier alpha value is -4.71. The smallest absolute Gasteiger partial charge is 0.338 e. The van der Waals surface area contributed by atoms with Gasteiger partial charge in [0.1, 0.15) is 23.2 Å². The molecular formula is C25H21N3O6. The summed E-state index contributed by atoms with van der Waals surface area (Å²) in [6.45, 7) is 2.35. The first kappa shape index (κ1) is 23.9. The van der Waals surface area contributed by atoms with Crippen LogP contribution >= 0.6 is 0 Å². The van der Waals surface area contributed by atoms with Crippen LogP contribution in [0, 0.1) is 21.4 Å². The molecule has 0 saturated heterocycles. The number of ether oxygens (including phenoxy) is 1. The number of furan rings is 1. The highest BCUT2D eigenvalue weighted by Gasteiger charge is 2.13. The molecule has 0 radical (unpaired) electrons. The number of nitriles is 1. The van der Waals surface area contributed by atoms with Crippen LogP contribution in [0.4, 0.5) is 11.4 Å². The Balaban J connectivity index is 1.66. The van der Waals surface area contributed by atoms with Crippen LogP contribution in [-0.4, -0.2) is 23.4 Å². The molecule has 0 saturated carbocycles. The molecular weight excluding hydrogens is 438 g/mol. The van der Waals surface area contributed by atoms with Crippen LogP contribution in [0.15, 0.2) is 70.7 Å². The van der Waals surface area contributed by atoms with Crippen molar-refractivity contribution in [3.8, 4) is 17.4 Å². The van der Waals surface area contributed by atoms with Crippen LogP contribution in [0.5, 0.6) is 0 Å². The van der Waals surface area contributed by atoms with Gasteiger partial charge in [-0.15, -0.1) is 0 Å². The fourth-order valence-electron chi connectivity index (χ4n) is 2.90. The number of carbonyl (C=O) groups is 2. The summed E-state index contributed by atoms with van der Waals surface area (Å²) in [4.78, 5) is 34.8. The van der Waals surface area contributed by atoms with Gasteiger partial charge in [-0.2, -0.15) is 5.26 Å². The predicted molar refractivity (Wildman–Crippen MR) is 125 cm³/mol. The van der Waals surface area contributed by atoms with Gasteiger partial charge in [-0.1, -0.05) is 13.3 Å². The summed E-state index contributed by atoms with van der Waals surface area (Å²) >= 11 is 0. The monoisotopic (exact) mass is 459 g/mol. The van der Waals surface area contributed by atoms with E-state index in [-0.39, 0.29) is 17.0 Å². The number of unbranched alkanes of at least 4 members (excludes halogenated alkanes) is 1. The lowest BCUT2D eigenvalue weighted by molar-refractivity contribution is -0.384. The molecule has 1 aromatic heterocycles. The zero-order valence-corrected chi connectivity index (χ0v) is 18.3. The van der Waals surface area contributed by atoms with E-state index >= 15 is 0 Å². The van der Waals surface area contributed by atoms with Crippen LogP contribution in [0.25, 0.3) is 17.4 Å². The number of carbonyl (C=O) groups excluding carboxylic acids is 2. The Morgan fingerprint density at radius 1 is 1.12 bits per heavy atom. The molecule has 3 rings (SSSR count). The highest BCUT2D eigenvalue weighted by atomic mass is 16.6. The van der Waals surface area contributed by atoms with Crippen molar-refractivity contribution in [3.63, 3.8) is 0 Å². The van der Waals surface area contributed by atoms with Crippen molar-refractivity contribution >= 4 is 29.3 Å². The Morgan fingerprint density at radius 2 is 1.82 bits per heavy atom. The van der Waals surface area contributed by atoms with Crippen molar-refractivity contribution < 1.29 is 23.7 Å². The SMILES string of the molecule is CCCCOC(=O)c1ccc(NC(=O)C(C#N)=Cc2ccc(-c3ccc([N+](=O)[O-])cc3)o2)cc1. The molecule has 9 heteroatoms. The van der Waals surface area contributed by atoms with Crippen molar-refractivity contribution in [3.05, 3.63) is 87.7 Å². The zero-order chi connectivity index (χ0) is 24.5. The molecule has 0 fully saturated rings. The number of esters is 1. The number of nitrogens with zero attached hydrogens (tertiary/aromatic N) is 2. The van der Waals surface area contributed by atoms with Crippen molar-refractivity contribution in [2.45, 2.75) is 19.8 Å². The van der Waals surface area contributed by atoms with Crippen LogP contribution < -0.4 is 5.32 Å². The molecule has 172 valence electrons. The summed E-state index contributed by atoms with van der Waals surface area (Å²) in [6.07, 6.45) is 3.00. The summed E-state index contributed by atoms with van der Waals surface area (Å²) in [7, 11) is 0. The Morgan fingerprint density at radius 3 is 2.44 bits per heavy atom. The van der Waals surface area contributed by atoms with E-state index in [9.17, 15) is 25.0 Å². The second-order valence-corrected chi connectivity index (χ2v) is 7.20. The van der Waals surface area contributed by atoms with E-state index in [1.165, 1.54) is 30.3 Å². The lowest BCUT2D eigenvalue weighted by Crippen LogP contribution is -2.13. The molecule has 1 heterocycles. The zero-order valence-electron chi connectivity index (χ0n) is 18.3. The largest absolute Gasteiger partial charge is 0.462 e. The number of hydrogen-bond donors (Lipinski definition) is 1. The molecule has 0 aliphatic heterocycles. The van der Waals surface area contributed by atoms with Crippen molar-refractivity contribution in [1.82, 2.24) is 0 Å². The first-order chi connectivity index (χ1) is 16.4. The molecule has 0 atom stereocenters. The van der Waals surface area contributed by atoms with Gasteiger partial charge in [0.05, 0.1) is 17.1 Å². The summed E-state index contributed by atoms with van der Waals surface area (Å²) in [5.74, 6) is -0.384. The van der Waals surface area contributed by atoms with Crippen molar-refractivity contribution in [2.75, 3.05) is 11.9 Å². The quantitative estimate of drug-likeness (QED) is 0.114. The number of nitrogens with one attached hydrogen (secondary N) is 1. The molecule has 1 N–H and O–H groups in total. The number of nitro groups is 1. The number of non-ortho nitro benzene ring substituents is 1. The van der Waals surface area contributed by atoms with Gasteiger partial charge >= 0.3 is 5.97 Å². The minimum Gasteiger partial charge on any atom is -0.462 e. The fraction of sp³-hybridized carbons (Fsp3) is 0.160. The number of rotatable bonds is 9. The van der Waals surface area contributed by atoms with Crippen molar-refractivity contribution in [1.29, 1.82) is 5.26 Å². The molecule has 1 amide bonds. The van der Waals surface area contributed by atoms with E-state index in [2.05, 4.69) is 5.32 Å². The maximum Gasteiger partial charge on any atom is 0.338 e. The third-order valence-electron chi connectivity index (χ3n) is 4.75. The van der Waals surface area contributed by atoms with Crippen LogP contribution in [0.2, 0.25) is 0 Å². The third-order valence-corrected chi connectivity index (χ3v) is 4.75. The van der Waals surface area contributed by atoms with Gasteiger partial charge in [0.25, 0.3) is 11.6 Å². The molecule has 0 bridgehead atoms. The van der Waals surface area contributed by atoms with Gasteiger partial charge in [0, 0.05) is 29.5 Å². The van der Waals surface area contributed by atoms with E-state index in [1.54, 1.807) is 36.4 Å². The van der Waals surface area contributed by atoms with E-state index in [0.29, 0.717) is 29.2 Å². The topological polar surface area (TPSA) is 135 Å². The maximum absolute atomic E-state index is 12.5. The minimum absolute atomic E-state index is 0.0414. The summed E-state index contributed by atoms with van der Waals surface area (Å²) in [5.41, 5.74) is 1.15. The van der Waals surface area contributed by atoms with E-state index in [1.807, 2.05) is 13.0 Å². The van der Waals surface area contributed by atoms with Gasteiger partial charge in [-0.25, -0.2) is 4.79 Å². The Kier molecular flexibility index (Phi) is 7.92. The van der Waals surface area contributed by atoms with E-state index in [4.69, 9.17) is 9.15 Å². The minimum atomic E-state index is -0.644. The number of hydrogen-bond acceptors (Lipinski definition) is 7. The standard InChI is InChI=1S/C25H21N3O6/c1-2-3-14-33-25(30)18-4-8-20(9-5-18)27-24(29)19(16-26)15-22-12-13-23(34-22)17-6-10-21(11-7-17)28(31)32/h4-13,15H,2-3,14H2,1H3,(H,27,29). The van der Waals surface area contributed by atoms with E-state index < -0.39 is 16.8 Å². The Bertz CT molecular complexity index is 1250. The summed E-state index contributed by atoms with van der Waals surface area (Å²) in [5, 5.41) is 22.8. The molecule has 3 aromatic rings. The Labute approximate surface area is 195 Å². The van der Waals surface area contributed by atoms with Gasteiger partial charge in [0.15, 0.2) is 0 Å². The average molecular weight is 459 g/mol. The highest BCUT2D eigenvalue weighted by molar-refractivity contribution is 6.09. The predicted octanol–water partition coefficient (Wildman–Crippen LogP) is 5.36. The number of nitro benzene ring substituents is 1. The second-order valence-electron chi connectivity index (χ2n) is 7.20. The summed E-state index contributed by atoms with van der Waals surface area (Å²) in [6, 6.07) is 17.0. The lowest BCUT2D eigenvalue weighted by Gasteiger charge is -2.06. The van der Waals surface area contributed by atoms with Gasteiger partial charge in [0.2, 0.25) is 0 Å². The highest BCUT2D eigenvalue weighted by Crippen LogP contribution is 2.25. The molecule has 0 spiro atoms. The average Bonchev–Trinajstić information content (AvgIpc) is 3.31. The summed E-state index contributed by atoms with van der Waals surface area (Å²) < 4.78 is 10.8. The molecule has 2 aromatic carbocycles. The van der Waals surface area contributed by atoms with Crippen molar-refractivity contribution in [2.24, 2.45) is 0 Å². The van der Waals surface area contributed by atoms with E-state index in [0.717, 1.165) is 12.8 Å². The molecule has 0 aliphatic carbocycles. The van der Waals surface area contributed by atoms with Gasteiger partial charge in [-0.3, -0.25) is 14.9 Å². The maximum atomic E-state index is 12.5. The molecule has 34 heavy (non-hydrogen) atoms. The lowest BCUT2D eigenvalue weighted by atomic mass is 10.1. The number of amides is 1. The number of benzene rings is 2. The number of anilines is 1. The fourth-order valence-corrected chi connectivity index (χ4v) is 2.90. The normalized spacial score (nSPS) is 10.9. The first-order valence-corrected chi connectivity index (χ1v) is 10.5. The molecule has 0 aliphatic rings. The van der Waals surface area contributed by atoms with Crippen LogP contribution in [0.3, 0.4) is 0 Å². The van der Waals surface area contributed by atoms with Gasteiger partial charge < -0.3 is 14.5 Å². The van der Waals surface area contributed by atoms with Gasteiger partial charge in [-0.05, 0) is 55.0 Å². The van der Waals surface area contributed by atoms with Crippen LogP contribution in [0.1, 0.15) is 35.9 Å². The first-order valence-electron chi connectivity index (χ1n) is 10.5. The second kappa shape index (κ2) is 11.2. The molecule has 0 unspecified atom stereocenters.